The fourth-order valence-corrected chi connectivity index (χ4v) is 3.17. The molecule has 1 amide bonds. The SMILES string of the molecule is CCOc1ncccc1CNC(=O)[C@@H]1CN(c2ccccn2)C[C@H]1C. The van der Waals surface area contributed by atoms with E-state index in [0.717, 1.165) is 17.9 Å². The first-order valence-corrected chi connectivity index (χ1v) is 8.69. The maximum absolute atomic E-state index is 12.7. The summed E-state index contributed by atoms with van der Waals surface area (Å²) in [6, 6.07) is 9.63. The fraction of sp³-hybridized carbons (Fsp3) is 0.421. The molecule has 1 aliphatic heterocycles. The van der Waals surface area contributed by atoms with Gasteiger partial charge in [0, 0.05) is 37.6 Å². The van der Waals surface area contributed by atoms with Crippen molar-refractivity contribution in [1.29, 1.82) is 0 Å². The number of pyridine rings is 2. The second-order valence-corrected chi connectivity index (χ2v) is 6.30. The molecule has 0 saturated carbocycles. The Morgan fingerprint density at radius 3 is 2.84 bits per heavy atom. The average Bonchev–Trinajstić information content (AvgIpc) is 3.04. The number of hydrogen-bond acceptors (Lipinski definition) is 5. The van der Waals surface area contributed by atoms with E-state index in [1.165, 1.54) is 0 Å². The van der Waals surface area contributed by atoms with Crippen LogP contribution in [-0.4, -0.2) is 35.6 Å². The molecule has 132 valence electrons. The van der Waals surface area contributed by atoms with Gasteiger partial charge in [0.2, 0.25) is 11.8 Å². The molecular weight excluding hydrogens is 316 g/mol. The van der Waals surface area contributed by atoms with Crippen LogP contribution in [0.15, 0.2) is 42.7 Å². The quantitative estimate of drug-likeness (QED) is 0.874. The first-order valence-electron chi connectivity index (χ1n) is 8.69. The highest BCUT2D eigenvalue weighted by molar-refractivity contribution is 5.80. The van der Waals surface area contributed by atoms with Crippen LogP contribution in [0.25, 0.3) is 0 Å². The Morgan fingerprint density at radius 2 is 2.08 bits per heavy atom. The predicted octanol–water partition coefficient (Wildman–Crippen LogP) is 2.26. The van der Waals surface area contributed by atoms with Crippen molar-refractivity contribution in [3.63, 3.8) is 0 Å². The molecule has 0 bridgehead atoms. The van der Waals surface area contributed by atoms with Crippen molar-refractivity contribution in [2.24, 2.45) is 11.8 Å². The van der Waals surface area contributed by atoms with Crippen LogP contribution in [0.3, 0.4) is 0 Å². The lowest BCUT2D eigenvalue weighted by atomic mass is 9.97. The topological polar surface area (TPSA) is 67.3 Å². The highest BCUT2D eigenvalue weighted by Crippen LogP contribution is 2.27. The minimum atomic E-state index is -0.0470. The lowest BCUT2D eigenvalue weighted by Crippen LogP contribution is -2.34. The number of anilines is 1. The van der Waals surface area contributed by atoms with Gasteiger partial charge in [0.25, 0.3) is 0 Å². The molecule has 2 aromatic rings. The summed E-state index contributed by atoms with van der Waals surface area (Å²) in [7, 11) is 0. The number of aromatic nitrogens is 2. The van der Waals surface area contributed by atoms with Crippen LogP contribution in [0, 0.1) is 11.8 Å². The van der Waals surface area contributed by atoms with E-state index in [2.05, 4.69) is 27.1 Å². The van der Waals surface area contributed by atoms with Crippen LogP contribution in [0.1, 0.15) is 19.4 Å². The lowest BCUT2D eigenvalue weighted by molar-refractivity contribution is -0.125. The van der Waals surface area contributed by atoms with Crippen LogP contribution < -0.4 is 15.0 Å². The van der Waals surface area contributed by atoms with E-state index in [0.29, 0.717) is 25.6 Å². The van der Waals surface area contributed by atoms with Crippen LogP contribution in [0.5, 0.6) is 5.88 Å². The number of nitrogens with one attached hydrogen (secondary N) is 1. The number of carbonyl (C=O) groups is 1. The molecule has 3 rings (SSSR count). The zero-order valence-corrected chi connectivity index (χ0v) is 14.7. The van der Waals surface area contributed by atoms with Gasteiger partial charge in [0.1, 0.15) is 5.82 Å². The number of amides is 1. The van der Waals surface area contributed by atoms with Crippen LogP contribution >= 0.6 is 0 Å². The summed E-state index contributed by atoms with van der Waals surface area (Å²) in [5.74, 6) is 1.81. The van der Waals surface area contributed by atoms with Crippen molar-refractivity contribution in [2.45, 2.75) is 20.4 Å². The van der Waals surface area contributed by atoms with Crippen molar-refractivity contribution in [3.05, 3.63) is 48.3 Å². The third kappa shape index (κ3) is 4.07. The summed E-state index contributed by atoms with van der Waals surface area (Å²) in [4.78, 5) is 23.4. The molecule has 0 unspecified atom stereocenters. The van der Waals surface area contributed by atoms with Gasteiger partial charge >= 0.3 is 0 Å². The third-order valence-corrected chi connectivity index (χ3v) is 4.51. The molecule has 0 spiro atoms. The van der Waals surface area contributed by atoms with Crippen molar-refractivity contribution >= 4 is 11.7 Å². The Hall–Kier alpha value is -2.63. The maximum atomic E-state index is 12.7. The van der Waals surface area contributed by atoms with Crippen LogP contribution in [0.4, 0.5) is 5.82 Å². The smallest absolute Gasteiger partial charge is 0.225 e. The Morgan fingerprint density at radius 1 is 1.24 bits per heavy atom. The summed E-state index contributed by atoms with van der Waals surface area (Å²) < 4.78 is 5.51. The Bertz CT molecular complexity index is 708. The lowest BCUT2D eigenvalue weighted by Gasteiger charge is -2.17. The standard InChI is InChI=1S/C19H24N4O2/c1-3-25-19-15(7-6-10-21-19)11-22-18(24)16-13-23(12-14(16)2)17-8-4-5-9-20-17/h4-10,14,16H,3,11-13H2,1-2H3,(H,22,24)/t14-,16-/m1/s1. The minimum Gasteiger partial charge on any atom is -0.478 e. The van der Waals surface area contributed by atoms with E-state index in [-0.39, 0.29) is 17.7 Å². The van der Waals surface area contributed by atoms with Gasteiger partial charge in [0.05, 0.1) is 12.5 Å². The largest absolute Gasteiger partial charge is 0.478 e. The summed E-state index contributed by atoms with van der Waals surface area (Å²) >= 11 is 0. The summed E-state index contributed by atoms with van der Waals surface area (Å²) in [5.41, 5.74) is 0.893. The average molecular weight is 340 g/mol. The molecule has 0 aromatic carbocycles. The fourth-order valence-electron chi connectivity index (χ4n) is 3.17. The van der Waals surface area contributed by atoms with Crippen molar-refractivity contribution in [2.75, 3.05) is 24.6 Å². The molecule has 1 N–H and O–H groups in total. The maximum Gasteiger partial charge on any atom is 0.225 e. The Labute approximate surface area is 148 Å². The molecule has 1 saturated heterocycles. The summed E-state index contributed by atoms with van der Waals surface area (Å²) in [6.45, 7) is 6.54. The second kappa shape index (κ2) is 7.96. The molecule has 1 fully saturated rings. The van der Waals surface area contributed by atoms with Gasteiger partial charge in [-0.25, -0.2) is 9.97 Å². The number of hydrogen-bond donors (Lipinski definition) is 1. The molecule has 6 nitrogen and oxygen atoms in total. The first kappa shape index (κ1) is 17.2. The minimum absolute atomic E-state index is 0.0470. The molecule has 3 heterocycles. The third-order valence-electron chi connectivity index (χ3n) is 4.51. The van der Waals surface area contributed by atoms with Crippen molar-refractivity contribution in [1.82, 2.24) is 15.3 Å². The van der Waals surface area contributed by atoms with Gasteiger partial charge in [-0.1, -0.05) is 19.1 Å². The van der Waals surface area contributed by atoms with Gasteiger partial charge < -0.3 is 15.0 Å². The van der Waals surface area contributed by atoms with Gasteiger partial charge in [-0.3, -0.25) is 4.79 Å². The number of carbonyl (C=O) groups excluding carboxylic acids is 1. The molecule has 25 heavy (non-hydrogen) atoms. The molecule has 1 aliphatic rings. The highest BCUT2D eigenvalue weighted by Gasteiger charge is 2.35. The Balaban J connectivity index is 1.60. The van der Waals surface area contributed by atoms with E-state index >= 15 is 0 Å². The molecule has 2 aromatic heterocycles. The highest BCUT2D eigenvalue weighted by atomic mass is 16.5. The molecule has 0 radical (unpaired) electrons. The van der Waals surface area contributed by atoms with Crippen LogP contribution in [0.2, 0.25) is 0 Å². The van der Waals surface area contributed by atoms with E-state index in [9.17, 15) is 4.79 Å². The second-order valence-electron chi connectivity index (χ2n) is 6.30. The van der Waals surface area contributed by atoms with E-state index < -0.39 is 0 Å². The first-order chi connectivity index (χ1) is 12.2. The molecule has 2 atom stereocenters. The van der Waals surface area contributed by atoms with Crippen molar-refractivity contribution in [3.8, 4) is 5.88 Å². The van der Waals surface area contributed by atoms with Crippen molar-refractivity contribution < 1.29 is 9.53 Å². The summed E-state index contributed by atoms with van der Waals surface area (Å²) in [5, 5.41) is 3.04. The van der Waals surface area contributed by atoms with E-state index in [1.807, 2.05) is 37.3 Å². The van der Waals surface area contributed by atoms with Gasteiger partial charge in [-0.2, -0.15) is 0 Å². The zero-order chi connectivity index (χ0) is 17.6. The van der Waals surface area contributed by atoms with E-state index in [1.54, 1.807) is 12.4 Å². The van der Waals surface area contributed by atoms with E-state index in [4.69, 9.17) is 4.74 Å². The predicted molar refractivity (Wildman–Crippen MR) is 96.4 cm³/mol. The summed E-state index contributed by atoms with van der Waals surface area (Å²) in [6.07, 6.45) is 3.48. The van der Waals surface area contributed by atoms with Gasteiger partial charge in [-0.05, 0) is 31.0 Å². The van der Waals surface area contributed by atoms with Gasteiger partial charge in [0.15, 0.2) is 0 Å². The number of nitrogens with zero attached hydrogens (tertiary/aromatic N) is 3. The Kier molecular flexibility index (Phi) is 5.48. The molecular formula is C19H24N4O2. The van der Waals surface area contributed by atoms with Gasteiger partial charge in [-0.15, -0.1) is 0 Å². The molecule has 6 heteroatoms. The van der Waals surface area contributed by atoms with Crippen LogP contribution in [-0.2, 0) is 11.3 Å². The normalized spacial score (nSPS) is 19.7. The number of ether oxygens (including phenoxy) is 1. The number of rotatable bonds is 6. The monoisotopic (exact) mass is 340 g/mol. The molecule has 0 aliphatic carbocycles. The zero-order valence-electron chi connectivity index (χ0n) is 14.7.